The zero-order chi connectivity index (χ0) is 17.8. The topological polar surface area (TPSA) is 77.2 Å². The molecule has 1 saturated carbocycles. The normalized spacial score (nSPS) is 20.5. The molecule has 1 heterocycles. The number of hydrogen-bond acceptors (Lipinski definition) is 5. The van der Waals surface area contributed by atoms with Gasteiger partial charge in [0.05, 0.1) is 6.10 Å². The Bertz CT molecular complexity index is 704. The van der Waals surface area contributed by atoms with E-state index < -0.39 is 0 Å². The maximum atomic E-state index is 12.4. The fourth-order valence-corrected chi connectivity index (χ4v) is 3.79. The van der Waals surface area contributed by atoms with Crippen molar-refractivity contribution in [3.63, 3.8) is 0 Å². The summed E-state index contributed by atoms with van der Waals surface area (Å²) in [4.78, 5) is 16.9. The summed E-state index contributed by atoms with van der Waals surface area (Å²) < 4.78 is 5.65. The Balaban J connectivity index is 1.62. The van der Waals surface area contributed by atoms with Crippen LogP contribution in [0, 0.1) is 0 Å². The van der Waals surface area contributed by atoms with Gasteiger partial charge >= 0.3 is 0 Å². The van der Waals surface area contributed by atoms with Gasteiger partial charge in [0.2, 0.25) is 0 Å². The van der Waals surface area contributed by atoms with Gasteiger partial charge in [-0.2, -0.15) is 0 Å². The maximum absolute atomic E-state index is 12.4. The van der Waals surface area contributed by atoms with E-state index in [1.807, 2.05) is 43.5 Å². The van der Waals surface area contributed by atoms with Gasteiger partial charge in [0.1, 0.15) is 16.5 Å². The van der Waals surface area contributed by atoms with Gasteiger partial charge in [-0.15, -0.1) is 11.3 Å². The lowest BCUT2D eigenvalue weighted by atomic mass is 9.92. The zero-order valence-electron chi connectivity index (χ0n) is 14.7. The van der Waals surface area contributed by atoms with Gasteiger partial charge < -0.3 is 15.8 Å². The van der Waals surface area contributed by atoms with Crippen molar-refractivity contribution in [2.75, 3.05) is 0 Å². The van der Waals surface area contributed by atoms with E-state index in [4.69, 9.17) is 10.5 Å². The molecule has 6 heteroatoms. The third kappa shape index (κ3) is 4.80. The summed E-state index contributed by atoms with van der Waals surface area (Å²) in [6.07, 6.45) is 3.98. The van der Waals surface area contributed by atoms with Crippen LogP contribution in [0.1, 0.15) is 50.0 Å². The average molecular weight is 359 g/mol. The van der Waals surface area contributed by atoms with E-state index >= 15 is 0 Å². The maximum Gasteiger partial charge on any atom is 0.270 e. The van der Waals surface area contributed by atoms with Crippen LogP contribution >= 0.6 is 11.3 Å². The number of amides is 1. The number of aromatic nitrogens is 1. The van der Waals surface area contributed by atoms with Crippen LogP contribution in [-0.2, 0) is 0 Å². The lowest BCUT2D eigenvalue weighted by molar-refractivity contribution is 0.0921. The first-order valence-electron chi connectivity index (χ1n) is 8.80. The van der Waals surface area contributed by atoms with E-state index in [1.165, 1.54) is 11.3 Å². The first-order chi connectivity index (χ1) is 12.0. The molecule has 1 aromatic heterocycles. The summed E-state index contributed by atoms with van der Waals surface area (Å²) in [6, 6.07) is 8.30. The van der Waals surface area contributed by atoms with Gasteiger partial charge in [0, 0.05) is 23.0 Å². The predicted octanol–water partition coefficient (Wildman–Crippen LogP) is 3.60. The highest BCUT2D eigenvalue weighted by Crippen LogP contribution is 2.26. The van der Waals surface area contributed by atoms with Crippen molar-refractivity contribution < 1.29 is 9.53 Å². The molecule has 0 radical (unpaired) electrons. The first-order valence-corrected chi connectivity index (χ1v) is 9.68. The highest BCUT2D eigenvalue weighted by atomic mass is 32.1. The smallest absolute Gasteiger partial charge is 0.270 e. The molecule has 0 bridgehead atoms. The number of carbonyl (C=O) groups excluding carboxylic acids is 1. The molecule has 3 N–H and O–H groups in total. The van der Waals surface area contributed by atoms with Crippen LogP contribution < -0.4 is 15.8 Å². The second kappa shape index (κ2) is 7.97. The Morgan fingerprint density at radius 1 is 1.24 bits per heavy atom. The molecule has 0 atom stereocenters. The predicted molar refractivity (Wildman–Crippen MR) is 101 cm³/mol. The molecule has 2 aromatic rings. The number of nitrogens with one attached hydrogen (secondary N) is 1. The summed E-state index contributed by atoms with van der Waals surface area (Å²) in [5, 5.41) is 5.74. The third-order valence-electron chi connectivity index (χ3n) is 4.32. The second-order valence-electron chi connectivity index (χ2n) is 6.81. The molecule has 134 valence electrons. The Labute approximate surface area is 152 Å². The van der Waals surface area contributed by atoms with E-state index in [2.05, 4.69) is 10.3 Å². The van der Waals surface area contributed by atoms with Crippen LogP contribution in [0.3, 0.4) is 0 Å². The highest BCUT2D eigenvalue weighted by Gasteiger charge is 2.21. The van der Waals surface area contributed by atoms with Crippen LogP contribution in [0.2, 0.25) is 0 Å². The summed E-state index contributed by atoms with van der Waals surface area (Å²) in [7, 11) is 0. The van der Waals surface area contributed by atoms with Crippen molar-refractivity contribution >= 4 is 17.2 Å². The fourth-order valence-electron chi connectivity index (χ4n) is 2.98. The van der Waals surface area contributed by atoms with Gasteiger partial charge in [-0.25, -0.2) is 4.98 Å². The lowest BCUT2D eigenvalue weighted by Crippen LogP contribution is -2.40. The number of rotatable bonds is 5. The molecule has 1 aliphatic carbocycles. The molecule has 0 unspecified atom stereocenters. The largest absolute Gasteiger partial charge is 0.491 e. The van der Waals surface area contributed by atoms with Crippen molar-refractivity contribution in [3.05, 3.63) is 35.3 Å². The van der Waals surface area contributed by atoms with E-state index in [1.54, 1.807) is 0 Å². The van der Waals surface area contributed by atoms with Crippen molar-refractivity contribution in [2.24, 2.45) is 5.73 Å². The van der Waals surface area contributed by atoms with E-state index in [9.17, 15) is 4.79 Å². The van der Waals surface area contributed by atoms with Gasteiger partial charge in [0.25, 0.3) is 5.91 Å². The Hall–Kier alpha value is -1.92. The molecule has 0 saturated heterocycles. The number of benzene rings is 1. The molecule has 3 rings (SSSR count). The lowest BCUT2D eigenvalue weighted by Gasteiger charge is -2.26. The van der Waals surface area contributed by atoms with E-state index in [-0.39, 0.29) is 24.1 Å². The third-order valence-corrected chi connectivity index (χ3v) is 5.21. The van der Waals surface area contributed by atoms with Crippen LogP contribution in [-0.4, -0.2) is 29.1 Å². The number of nitrogens with two attached hydrogens (primary N) is 1. The number of carbonyl (C=O) groups is 1. The molecule has 1 amide bonds. The summed E-state index contributed by atoms with van der Waals surface area (Å²) in [6.45, 7) is 4.00. The van der Waals surface area contributed by atoms with Crippen LogP contribution in [0.15, 0.2) is 29.6 Å². The van der Waals surface area contributed by atoms with Gasteiger partial charge in [-0.05, 0) is 63.8 Å². The minimum absolute atomic E-state index is 0.0947. The molecule has 0 spiro atoms. The molecule has 0 aliphatic heterocycles. The highest BCUT2D eigenvalue weighted by molar-refractivity contribution is 7.13. The van der Waals surface area contributed by atoms with Crippen LogP contribution in [0.5, 0.6) is 5.75 Å². The zero-order valence-corrected chi connectivity index (χ0v) is 15.5. The molecular formula is C19H25N3O2S. The summed E-state index contributed by atoms with van der Waals surface area (Å²) in [5.74, 6) is 0.742. The minimum Gasteiger partial charge on any atom is -0.491 e. The molecular weight excluding hydrogens is 334 g/mol. The standard InChI is InChI=1S/C19H25N3O2S/c1-12(2)24-16-9-3-13(4-10-16)19-22-17(11-25-19)18(23)21-15-7-5-14(20)6-8-15/h3-4,9-12,14-15H,5-8,20H2,1-2H3,(H,21,23). The van der Waals surface area contributed by atoms with Gasteiger partial charge in [-0.1, -0.05) is 0 Å². The monoisotopic (exact) mass is 359 g/mol. The quantitative estimate of drug-likeness (QED) is 0.855. The molecule has 25 heavy (non-hydrogen) atoms. The van der Waals surface area contributed by atoms with E-state index in [0.29, 0.717) is 5.69 Å². The summed E-state index contributed by atoms with van der Waals surface area (Å²) >= 11 is 1.48. The van der Waals surface area contributed by atoms with E-state index in [0.717, 1.165) is 42.0 Å². The molecule has 5 nitrogen and oxygen atoms in total. The Morgan fingerprint density at radius 3 is 2.56 bits per heavy atom. The van der Waals surface area contributed by atoms with Crippen LogP contribution in [0.25, 0.3) is 10.6 Å². The first kappa shape index (κ1) is 17.9. The van der Waals surface area contributed by atoms with Crippen molar-refractivity contribution in [3.8, 4) is 16.3 Å². The SMILES string of the molecule is CC(C)Oc1ccc(-c2nc(C(=O)NC3CCC(N)CC3)cs2)cc1. The molecule has 1 aliphatic rings. The van der Waals surface area contributed by atoms with Crippen molar-refractivity contribution in [2.45, 2.75) is 57.7 Å². The number of hydrogen-bond donors (Lipinski definition) is 2. The fraction of sp³-hybridized carbons (Fsp3) is 0.474. The average Bonchev–Trinajstić information content (AvgIpc) is 3.07. The number of nitrogens with zero attached hydrogens (tertiary/aromatic N) is 1. The van der Waals surface area contributed by atoms with Crippen molar-refractivity contribution in [1.29, 1.82) is 0 Å². The number of ether oxygens (including phenoxy) is 1. The van der Waals surface area contributed by atoms with Crippen LogP contribution in [0.4, 0.5) is 0 Å². The summed E-state index contributed by atoms with van der Waals surface area (Å²) in [5.41, 5.74) is 7.38. The Morgan fingerprint density at radius 2 is 1.92 bits per heavy atom. The van der Waals surface area contributed by atoms with Gasteiger partial charge in [-0.3, -0.25) is 4.79 Å². The minimum atomic E-state index is -0.0947. The number of thiazole rings is 1. The Kier molecular flexibility index (Phi) is 5.71. The van der Waals surface area contributed by atoms with Crippen molar-refractivity contribution in [1.82, 2.24) is 10.3 Å². The van der Waals surface area contributed by atoms with Gasteiger partial charge in [0.15, 0.2) is 0 Å². The molecule has 1 aromatic carbocycles. The second-order valence-corrected chi connectivity index (χ2v) is 7.67. The molecule has 1 fully saturated rings.